The van der Waals surface area contributed by atoms with Crippen molar-refractivity contribution >= 4 is 34.7 Å². The number of urea groups is 1. The van der Waals surface area contributed by atoms with Gasteiger partial charge in [-0.1, -0.05) is 49.1 Å². The van der Waals surface area contributed by atoms with Crippen molar-refractivity contribution in [3.05, 3.63) is 51.2 Å². The Kier molecular flexibility index (Phi) is 7.16. The maximum atomic E-state index is 12.6. The van der Waals surface area contributed by atoms with Crippen LogP contribution in [0.1, 0.15) is 42.5 Å². The van der Waals surface area contributed by atoms with Crippen molar-refractivity contribution < 1.29 is 4.79 Å². The predicted octanol–water partition coefficient (Wildman–Crippen LogP) is 5.83. The standard InChI is InChI=1S/C21H28ClN3OS/c1-24(17-9-4-3-5-10-17)14-16-8-6-7-11-19(16)23-21(26)25(2)15-18-12-13-20(22)27-18/h6-8,11-13,17H,3-5,9-10,14-15H2,1-2H3,(H,23,26). The monoisotopic (exact) mass is 405 g/mol. The SMILES string of the molecule is CN(Cc1ccc(Cl)s1)C(=O)Nc1ccccc1CN(C)C1CCCCC1. The maximum Gasteiger partial charge on any atom is 0.321 e. The molecular formula is C21H28ClN3OS. The molecule has 0 bridgehead atoms. The summed E-state index contributed by atoms with van der Waals surface area (Å²) in [7, 11) is 4.00. The van der Waals surface area contributed by atoms with Gasteiger partial charge in [0.15, 0.2) is 0 Å². The summed E-state index contributed by atoms with van der Waals surface area (Å²) in [4.78, 5) is 17.8. The molecule has 1 fully saturated rings. The van der Waals surface area contributed by atoms with Crippen molar-refractivity contribution in [3.63, 3.8) is 0 Å². The van der Waals surface area contributed by atoms with Crippen molar-refractivity contribution in [2.45, 2.75) is 51.2 Å². The molecule has 4 nitrogen and oxygen atoms in total. The molecule has 0 radical (unpaired) electrons. The molecule has 27 heavy (non-hydrogen) atoms. The van der Waals surface area contributed by atoms with Gasteiger partial charge in [-0.25, -0.2) is 4.79 Å². The van der Waals surface area contributed by atoms with Crippen molar-refractivity contribution in [1.29, 1.82) is 0 Å². The van der Waals surface area contributed by atoms with Gasteiger partial charge in [0.05, 0.1) is 10.9 Å². The first kappa shape index (κ1) is 20.2. The maximum absolute atomic E-state index is 12.6. The molecule has 2 aromatic rings. The van der Waals surface area contributed by atoms with E-state index < -0.39 is 0 Å². The lowest BCUT2D eigenvalue weighted by Gasteiger charge is -2.31. The van der Waals surface area contributed by atoms with Gasteiger partial charge in [0.25, 0.3) is 0 Å². The lowest BCUT2D eigenvalue weighted by Crippen LogP contribution is -2.34. The van der Waals surface area contributed by atoms with Gasteiger partial charge in [-0.3, -0.25) is 4.90 Å². The smallest absolute Gasteiger partial charge is 0.321 e. The highest BCUT2D eigenvalue weighted by molar-refractivity contribution is 7.16. The van der Waals surface area contributed by atoms with Crippen LogP contribution in [-0.2, 0) is 13.1 Å². The second kappa shape index (κ2) is 9.58. The molecule has 1 N–H and O–H groups in total. The van der Waals surface area contributed by atoms with Gasteiger partial charge in [-0.15, -0.1) is 11.3 Å². The van der Waals surface area contributed by atoms with Gasteiger partial charge in [-0.2, -0.15) is 0 Å². The number of nitrogens with zero attached hydrogens (tertiary/aromatic N) is 2. The number of hydrogen-bond acceptors (Lipinski definition) is 3. The number of amides is 2. The Bertz CT molecular complexity index is 757. The Hall–Kier alpha value is -1.56. The molecule has 1 saturated carbocycles. The minimum atomic E-state index is -0.104. The second-order valence-electron chi connectivity index (χ2n) is 7.36. The molecule has 0 aliphatic heterocycles. The summed E-state index contributed by atoms with van der Waals surface area (Å²) in [6.45, 7) is 1.40. The molecule has 0 unspecified atom stereocenters. The zero-order chi connectivity index (χ0) is 19.2. The zero-order valence-corrected chi connectivity index (χ0v) is 17.7. The van der Waals surface area contributed by atoms with E-state index in [0.717, 1.165) is 27.0 Å². The first-order valence-electron chi connectivity index (χ1n) is 9.57. The molecule has 1 heterocycles. The van der Waals surface area contributed by atoms with Gasteiger partial charge < -0.3 is 10.2 Å². The fraction of sp³-hybridized carbons (Fsp3) is 0.476. The average Bonchev–Trinajstić information content (AvgIpc) is 3.08. The molecule has 6 heteroatoms. The molecule has 0 atom stereocenters. The number of benzene rings is 1. The minimum absolute atomic E-state index is 0.104. The van der Waals surface area contributed by atoms with E-state index in [9.17, 15) is 4.79 Å². The summed E-state index contributed by atoms with van der Waals surface area (Å²) >= 11 is 7.49. The third-order valence-corrected chi connectivity index (χ3v) is 6.46. The molecule has 1 aliphatic rings. The van der Waals surface area contributed by atoms with Crippen molar-refractivity contribution in [2.24, 2.45) is 0 Å². The fourth-order valence-corrected chi connectivity index (χ4v) is 4.79. The highest BCUT2D eigenvalue weighted by Crippen LogP contribution is 2.26. The molecule has 1 aromatic carbocycles. The van der Waals surface area contributed by atoms with Crippen LogP contribution >= 0.6 is 22.9 Å². The number of para-hydroxylation sites is 1. The molecule has 1 aromatic heterocycles. The Morgan fingerprint density at radius 1 is 1.11 bits per heavy atom. The van der Waals surface area contributed by atoms with Crippen LogP contribution in [0.5, 0.6) is 0 Å². The number of carbonyl (C=O) groups excluding carboxylic acids is 1. The summed E-state index contributed by atoms with van der Waals surface area (Å²) in [5.74, 6) is 0. The molecule has 2 amide bonds. The third-order valence-electron chi connectivity index (χ3n) is 5.25. The van der Waals surface area contributed by atoms with Crippen LogP contribution in [0.25, 0.3) is 0 Å². The summed E-state index contributed by atoms with van der Waals surface area (Å²) in [5.41, 5.74) is 2.05. The number of thiophene rings is 1. The molecule has 3 rings (SSSR count). The second-order valence-corrected chi connectivity index (χ2v) is 9.16. The van der Waals surface area contributed by atoms with E-state index >= 15 is 0 Å². The van der Waals surface area contributed by atoms with E-state index in [0.29, 0.717) is 12.6 Å². The van der Waals surface area contributed by atoms with E-state index in [1.807, 2.05) is 30.3 Å². The molecular weight excluding hydrogens is 378 g/mol. The molecule has 0 spiro atoms. The Labute approximate surface area is 171 Å². The van der Waals surface area contributed by atoms with Crippen molar-refractivity contribution in [3.8, 4) is 0 Å². The number of nitrogens with one attached hydrogen (secondary N) is 1. The number of halogens is 1. The summed E-state index contributed by atoms with van der Waals surface area (Å²) in [6.07, 6.45) is 6.56. The van der Waals surface area contributed by atoms with E-state index in [1.54, 1.807) is 11.9 Å². The van der Waals surface area contributed by atoms with Crippen LogP contribution in [0.2, 0.25) is 4.34 Å². The summed E-state index contributed by atoms with van der Waals surface area (Å²) < 4.78 is 0.745. The van der Waals surface area contributed by atoms with E-state index in [1.165, 1.54) is 43.4 Å². The molecule has 146 valence electrons. The topological polar surface area (TPSA) is 35.6 Å². The van der Waals surface area contributed by atoms with Crippen LogP contribution in [0.15, 0.2) is 36.4 Å². The first-order valence-corrected chi connectivity index (χ1v) is 10.8. The fourth-order valence-electron chi connectivity index (χ4n) is 3.65. The lowest BCUT2D eigenvalue weighted by atomic mass is 9.94. The van der Waals surface area contributed by atoms with Crippen LogP contribution in [-0.4, -0.2) is 36.0 Å². The van der Waals surface area contributed by atoms with Crippen LogP contribution in [0.4, 0.5) is 10.5 Å². The van der Waals surface area contributed by atoms with Crippen molar-refractivity contribution in [1.82, 2.24) is 9.80 Å². The van der Waals surface area contributed by atoms with Gasteiger partial charge in [0, 0.05) is 30.2 Å². The van der Waals surface area contributed by atoms with E-state index in [-0.39, 0.29) is 6.03 Å². The first-order chi connectivity index (χ1) is 13.0. The average molecular weight is 406 g/mol. The van der Waals surface area contributed by atoms with E-state index in [4.69, 9.17) is 11.6 Å². The predicted molar refractivity (Wildman–Crippen MR) is 115 cm³/mol. The van der Waals surface area contributed by atoms with Crippen LogP contribution < -0.4 is 5.32 Å². The molecule has 0 saturated heterocycles. The number of carbonyl (C=O) groups is 1. The summed E-state index contributed by atoms with van der Waals surface area (Å²) in [6, 6.07) is 12.5. The normalized spacial score (nSPS) is 15.1. The Morgan fingerprint density at radius 3 is 2.56 bits per heavy atom. The largest absolute Gasteiger partial charge is 0.322 e. The quantitative estimate of drug-likeness (QED) is 0.656. The number of hydrogen-bond donors (Lipinski definition) is 1. The lowest BCUT2D eigenvalue weighted by molar-refractivity contribution is 0.185. The summed E-state index contributed by atoms with van der Waals surface area (Å²) in [5, 5.41) is 3.08. The van der Waals surface area contributed by atoms with Crippen LogP contribution in [0, 0.1) is 0 Å². The number of rotatable bonds is 6. The minimum Gasteiger partial charge on any atom is -0.322 e. The Balaban J connectivity index is 1.61. The highest BCUT2D eigenvalue weighted by atomic mass is 35.5. The zero-order valence-electron chi connectivity index (χ0n) is 16.1. The van der Waals surface area contributed by atoms with E-state index in [2.05, 4.69) is 23.3 Å². The van der Waals surface area contributed by atoms with Crippen molar-refractivity contribution in [2.75, 3.05) is 19.4 Å². The number of anilines is 1. The highest BCUT2D eigenvalue weighted by Gasteiger charge is 2.19. The van der Waals surface area contributed by atoms with Gasteiger partial charge in [0.1, 0.15) is 0 Å². The molecule has 1 aliphatic carbocycles. The third kappa shape index (κ3) is 5.71. The Morgan fingerprint density at radius 2 is 1.85 bits per heavy atom. The van der Waals surface area contributed by atoms with Gasteiger partial charge in [0.2, 0.25) is 0 Å². The van der Waals surface area contributed by atoms with Gasteiger partial charge in [-0.05, 0) is 43.7 Å². The van der Waals surface area contributed by atoms with Crippen LogP contribution in [0.3, 0.4) is 0 Å². The van der Waals surface area contributed by atoms with Gasteiger partial charge >= 0.3 is 6.03 Å².